The van der Waals surface area contributed by atoms with Crippen molar-refractivity contribution < 1.29 is 29.6 Å². The first kappa shape index (κ1) is 27.5. The summed E-state index contributed by atoms with van der Waals surface area (Å²) >= 11 is 0. The average molecular weight is 533 g/mol. The molecule has 0 aromatic carbocycles. The van der Waals surface area contributed by atoms with Crippen LogP contribution in [0, 0.1) is 63.6 Å². The molecule has 1 spiro atoms. The highest BCUT2D eigenvalue weighted by Crippen LogP contribution is 2.75. The molecule has 1 heterocycles. The van der Waals surface area contributed by atoms with Crippen LogP contribution in [0.1, 0.15) is 93.9 Å². The molecule has 0 aromatic rings. The van der Waals surface area contributed by atoms with Gasteiger partial charge in [-0.25, -0.2) is 0 Å². The predicted molar refractivity (Wildman–Crippen MR) is 144 cm³/mol. The molecule has 6 fully saturated rings. The monoisotopic (exact) mass is 532 g/mol. The highest BCUT2D eigenvalue weighted by Gasteiger charge is 2.82. The Bertz CT molecular complexity index is 983. The van der Waals surface area contributed by atoms with E-state index in [9.17, 15) is 20.1 Å². The van der Waals surface area contributed by atoms with Crippen LogP contribution in [0.25, 0.3) is 0 Å². The van der Waals surface area contributed by atoms with Crippen molar-refractivity contribution >= 4 is 5.97 Å². The number of hydrogen-bond donors (Lipinski definition) is 3. The molecule has 16 atom stereocenters. The van der Waals surface area contributed by atoms with Gasteiger partial charge in [0.05, 0.1) is 18.3 Å². The van der Waals surface area contributed by atoms with Crippen molar-refractivity contribution in [1.82, 2.24) is 0 Å². The van der Waals surface area contributed by atoms with Crippen LogP contribution < -0.4 is 0 Å². The maximum atomic E-state index is 12.5. The third-order valence-corrected chi connectivity index (χ3v) is 14.2. The second-order valence-corrected chi connectivity index (χ2v) is 15.7. The summed E-state index contributed by atoms with van der Waals surface area (Å²) in [6.07, 6.45) is 2.34. The highest BCUT2D eigenvalue weighted by atomic mass is 16.6. The highest BCUT2D eigenvalue weighted by molar-refractivity contribution is 5.66. The van der Waals surface area contributed by atoms with Crippen LogP contribution in [-0.4, -0.2) is 57.4 Å². The largest absolute Gasteiger partial charge is 0.459 e. The molecule has 2 unspecified atom stereocenters. The van der Waals surface area contributed by atoms with E-state index >= 15 is 0 Å². The average Bonchev–Trinajstić information content (AvgIpc) is 3.71. The first-order valence-electron chi connectivity index (χ1n) is 15.5. The molecular weight excluding hydrogens is 480 g/mol. The fourth-order valence-electron chi connectivity index (χ4n) is 11.7. The molecule has 5 saturated carbocycles. The third kappa shape index (κ3) is 3.30. The van der Waals surface area contributed by atoms with Gasteiger partial charge in [0.25, 0.3) is 0 Å². The predicted octanol–water partition coefficient (Wildman–Crippen LogP) is 4.58. The van der Waals surface area contributed by atoms with Crippen LogP contribution in [0.4, 0.5) is 0 Å². The number of carbonyl (C=O) groups is 1. The number of epoxide rings is 1. The summed E-state index contributed by atoms with van der Waals surface area (Å²) in [6.45, 7) is 17.8. The van der Waals surface area contributed by atoms with E-state index < -0.39 is 35.4 Å². The van der Waals surface area contributed by atoms with E-state index in [1.165, 1.54) is 13.3 Å². The fraction of sp³-hybridized carbons (Fsp3) is 0.969. The minimum atomic E-state index is -0.866. The minimum Gasteiger partial charge on any atom is -0.459 e. The Kier molecular flexibility index (Phi) is 6.09. The molecule has 3 N–H and O–H groups in total. The standard InChI is InChI=1S/C32H52O6/c1-15(2)17(4)29(6)14-22(29)16(3)20-9-10-21-23-24(26(36)27(31(20,21)8)37-18(5)33)30(7)12-11-19(34)13-32(30)28(38-32)25(23)35/h15-17,19-28,34-36H,9-14H2,1-8H3/t16-,17+,19-,20+,21?,22+,23-,24?,25-,26-,27+,28+,29+,30+,31+,32+/m0/s1. The normalized spacial score (nSPS) is 58.2. The number of esters is 1. The summed E-state index contributed by atoms with van der Waals surface area (Å²) in [4.78, 5) is 12.5. The molecule has 38 heavy (non-hydrogen) atoms. The summed E-state index contributed by atoms with van der Waals surface area (Å²) in [5.74, 6) is 2.17. The molecule has 0 radical (unpaired) electrons. The first-order valence-corrected chi connectivity index (χ1v) is 15.5. The number of aliphatic hydroxyl groups is 3. The number of ether oxygens (including phenoxy) is 2. The molecule has 5 aliphatic carbocycles. The first-order chi connectivity index (χ1) is 17.6. The lowest BCUT2D eigenvalue weighted by atomic mass is 9.42. The number of hydrogen-bond acceptors (Lipinski definition) is 6. The summed E-state index contributed by atoms with van der Waals surface area (Å²) in [6, 6.07) is 0. The van der Waals surface area contributed by atoms with Gasteiger partial charge in [-0.3, -0.25) is 4.79 Å². The van der Waals surface area contributed by atoms with Crippen LogP contribution in [-0.2, 0) is 14.3 Å². The summed E-state index contributed by atoms with van der Waals surface area (Å²) < 4.78 is 12.5. The quantitative estimate of drug-likeness (QED) is 0.354. The van der Waals surface area contributed by atoms with Gasteiger partial charge in [0.15, 0.2) is 0 Å². The molecule has 0 bridgehead atoms. The van der Waals surface area contributed by atoms with E-state index in [4.69, 9.17) is 9.47 Å². The van der Waals surface area contributed by atoms with Crippen molar-refractivity contribution in [2.75, 3.05) is 0 Å². The molecular formula is C32H52O6. The van der Waals surface area contributed by atoms with Gasteiger partial charge in [-0.05, 0) is 78.9 Å². The third-order valence-electron chi connectivity index (χ3n) is 14.2. The molecule has 6 aliphatic rings. The lowest BCUT2D eigenvalue weighted by Gasteiger charge is -2.63. The van der Waals surface area contributed by atoms with Crippen LogP contribution in [0.5, 0.6) is 0 Å². The lowest BCUT2D eigenvalue weighted by molar-refractivity contribution is -0.250. The van der Waals surface area contributed by atoms with E-state index in [-0.39, 0.29) is 35.2 Å². The van der Waals surface area contributed by atoms with Crippen molar-refractivity contribution in [3.05, 3.63) is 0 Å². The van der Waals surface area contributed by atoms with Crippen molar-refractivity contribution in [3.8, 4) is 0 Å². The zero-order chi connectivity index (χ0) is 27.7. The zero-order valence-corrected chi connectivity index (χ0v) is 24.8. The van der Waals surface area contributed by atoms with Crippen LogP contribution in [0.2, 0.25) is 0 Å². The lowest BCUT2D eigenvalue weighted by Crippen LogP contribution is -2.71. The van der Waals surface area contributed by atoms with Crippen LogP contribution >= 0.6 is 0 Å². The van der Waals surface area contributed by atoms with Gasteiger partial charge < -0.3 is 24.8 Å². The van der Waals surface area contributed by atoms with Gasteiger partial charge in [-0.15, -0.1) is 0 Å². The summed E-state index contributed by atoms with van der Waals surface area (Å²) in [7, 11) is 0. The van der Waals surface area contributed by atoms with E-state index in [0.29, 0.717) is 47.8 Å². The Balaban J connectivity index is 1.38. The van der Waals surface area contributed by atoms with Gasteiger partial charge in [-0.2, -0.15) is 0 Å². The number of rotatable bonds is 5. The van der Waals surface area contributed by atoms with Crippen molar-refractivity contribution in [3.63, 3.8) is 0 Å². The van der Waals surface area contributed by atoms with Crippen LogP contribution in [0.15, 0.2) is 0 Å². The van der Waals surface area contributed by atoms with Gasteiger partial charge >= 0.3 is 5.97 Å². The van der Waals surface area contributed by atoms with Crippen LogP contribution in [0.3, 0.4) is 0 Å². The molecule has 216 valence electrons. The van der Waals surface area contributed by atoms with Gasteiger partial charge in [0.1, 0.15) is 17.8 Å². The molecule has 0 amide bonds. The van der Waals surface area contributed by atoms with Crippen molar-refractivity contribution in [2.24, 2.45) is 63.6 Å². The number of aliphatic hydroxyl groups excluding tert-OH is 3. The second kappa shape index (κ2) is 8.42. The Labute approximate surface area is 229 Å². The smallest absolute Gasteiger partial charge is 0.303 e. The van der Waals surface area contributed by atoms with Gasteiger partial charge in [0.2, 0.25) is 0 Å². The Hall–Kier alpha value is -0.690. The number of carbonyl (C=O) groups excluding carboxylic acids is 1. The second-order valence-electron chi connectivity index (χ2n) is 15.7. The van der Waals surface area contributed by atoms with E-state index in [0.717, 1.165) is 19.3 Å². The number of fused-ring (bicyclic) bond motifs is 4. The molecule has 6 nitrogen and oxygen atoms in total. The maximum absolute atomic E-state index is 12.5. The molecule has 1 aliphatic heterocycles. The van der Waals surface area contributed by atoms with E-state index in [2.05, 4.69) is 48.5 Å². The fourth-order valence-corrected chi connectivity index (χ4v) is 11.7. The zero-order valence-electron chi connectivity index (χ0n) is 24.8. The maximum Gasteiger partial charge on any atom is 0.303 e. The Morgan fingerprint density at radius 1 is 0.947 bits per heavy atom. The van der Waals surface area contributed by atoms with Gasteiger partial charge in [-0.1, -0.05) is 48.5 Å². The topological polar surface area (TPSA) is 99.5 Å². The Morgan fingerprint density at radius 3 is 2.26 bits per heavy atom. The van der Waals surface area contributed by atoms with E-state index in [1.54, 1.807) is 0 Å². The van der Waals surface area contributed by atoms with Crippen molar-refractivity contribution in [2.45, 2.75) is 130 Å². The summed E-state index contributed by atoms with van der Waals surface area (Å²) in [5.41, 5.74) is -1.03. The Morgan fingerprint density at radius 2 is 1.63 bits per heavy atom. The molecule has 6 heteroatoms. The van der Waals surface area contributed by atoms with Crippen molar-refractivity contribution in [1.29, 1.82) is 0 Å². The summed E-state index contributed by atoms with van der Waals surface area (Å²) in [5, 5.41) is 34.6. The molecule has 6 rings (SSSR count). The molecule has 0 aromatic heterocycles. The van der Waals surface area contributed by atoms with Gasteiger partial charge in [0, 0.05) is 30.1 Å². The van der Waals surface area contributed by atoms with E-state index in [1.807, 2.05) is 0 Å². The minimum absolute atomic E-state index is 0.0972. The SMILES string of the molecule is CC(=O)O[C@@H]1[C@@H](O)C2[C@H](C3CC[C@H]([C@H](C)[C@H]4C[C@]4(C)[C@H](C)C(C)C)[C@]31C)[C@H](O)[C@H]1O[C@]13C[C@@H](O)CC[C@]23C. The molecule has 1 saturated heterocycles.